The number of aliphatic carboxylic acids is 1. The smallest absolute Gasteiger partial charge is 0.322 e. The molecule has 0 spiro atoms. The van der Waals surface area contributed by atoms with E-state index in [0.717, 1.165) is 12.8 Å². The molecule has 1 atom stereocenters. The Bertz CT molecular complexity index is 597. The number of esters is 1. The molecule has 0 rings (SSSR count). The predicted molar refractivity (Wildman–Crippen MR) is 189 cm³/mol. The topological polar surface area (TPSA) is 89.6 Å². The lowest BCUT2D eigenvalue weighted by atomic mass is 10.0. The van der Waals surface area contributed by atoms with E-state index in [1.807, 2.05) is 0 Å². The summed E-state index contributed by atoms with van der Waals surface area (Å²) in [6, 6.07) is -0.825. The van der Waals surface area contributed by atoms with Crippen molar-refractivity contribution in [2.24, 2.45) is 5.73 Å². The molecule has 0 bridgehead atoms. The number of rotatable bonds is 37. The summed E-state index contributed by atoms with van der Waals surface area (Å²) in [5.74, 6) is -1.42. The highest BCUT2D eigenvalue weighted by Crippen LogP contribution is 2.17. The predicted octanol–water partition coefficient (Wildman–Crippen LogP) is 12.2. The molecule has 0 radical (unpaired) electrons. The van der Waals surface area contributed by atoms with Crippen LogP contribution in [0, 0.1) is 0 Å². The minimum Gasteiger partial charge on any atom is -0.481 e. The molecule has 0 aliphatic heterocycles. The van der Waals surface area contributed by atoms with E-state index in [0.29, 0.717) is 6.61 Å². The van der Waals surface area contributed by atoms with Gasteiger partial charge < -0.3 is 15.6 Å². The van der Waals surface area contributed by atoms with Gasteiger partial charge >= 0.3 is 11.9 Å². The third-order valence-corrected chi connectivity index (χ3v) is 9.21. The molecule has 262 valence electrons. The number of carboxylic acid groups (broad SMARTS) is 1. The molecule has 3 N–H and O–H groups in total. The fourth-order valence-electron chi connectivity index (χ4n) is 6.16. The van der Waals surface area contributed by atoms with Gasteiger partial charge in [0, 0.05) is 6.42 Å². The third kappa shape index (κ3) is 35.4. The van der Waals surface area contributed by atoms with Crippen LogP contribution in [0.4, 0.5) is 0 Å². The third-order valence-electron chi connectivity index (χ3n) is 9.21. The van der Waals surface area contributed by atoms with Gasteiger partial charge in [0.2, 0.25) is 0 Å². The summed E-state index contributed by atoms with van der Waals surface area (Å²) < 4.78 is 5.15. The van der Waals surface area contributed by atoms with Gasteiger partial charge in [0.15, 0.2) is 0 Å². The molecule has 0 saturated heterocycles. The molecule has 0 heterocycles. The van der Waals surface area contributed by atoms with Gasteiger partial charge in [-0.3, -0.25) is 9.59 Å². The maximum absolute atomic E-state index is 11.7. The molecule has 5 nitrogen and oxygen atoms in total. The van der Waals surface area contributed by atoms with E-state index in [4.69, 9.17) is 15.6 Å². The lowest BCUT2D eigenvalue weighted by Gasteiger charge is -2.10. The maximum atomic E-state index is 11.7. The quantitative estimate of drug-likeness (QED) is 0.0531. The average molecular weight is 624 g/mol. The van der Waals surface area contributed by atoms with Crippen LogP contribution in [0.2, 0.25) is 0 Å². The first kappa shape index (κ1) is 42.9. The zero-order chi connectivity index (χ0) is 32.2. The Balaban J connectivity index is 3.13. The van der Waals surface area contributed by atoms with E-state index >= 15 is 0 Å². The monoisotopic (exact) mass is 624 g/mol. The second kappa shape index (κ2) is 36.4. The van der Waals surface area contributed by atoms with Crippen LogP contribution in [0.5, 0.6) is 0 Å². The van der Waals surface area contributed by atoms with E-state index in [1.54, 1.807) is 0 Å². The highest BCUT2D eigenvalue weighted by Gasteiger charge is 2.16. The van der Waals surface area contributed by atoms with Crippen molar-refractivity contribution in [3.63, 3.8) is 0 Å². The molecule has 0 aromatic carbocycles. The minimum absolute atomic E-state index is 0.101. The summed E-state index contributed by atoms with van der Waals surface area (Å²) in [6.45, 7) is 2.69. The van der Waals surface area contributed by atoms with Gasteiger partial charge in [-0.05, 0) is 12.8 Å². The van der Waals surface area contributed by atoms with Crippen LogP contribution in [0.15, 0.2) is 0 Å². The number of nitrogens with two attached hydrogens (primary N) is 1. The summed E-state index contributed by atoms with van der Waals surface area (Å²) in [5, 5.41) is 8.64. The standard InChI is InChI=1S/C39H77NO4/c1-2-3-4-5-6-7-8-9-10-11-12-13-14-15-16-17-18-19-20-21-22-23-24-25-26-27-28-29-30-31-32-33-36-44-39(43)37(40)34-35-38(41)42/h37H,2-36,40H2,1H3,(H,41,42)/t37-/m0/s1. The van der Waals surface area contributed by atoms with Crippen LogP contribution in [-0.2, 0) is 14.3 Å². The molecule has 0 aromatic heterocycles. The minimum atomic E-state index is -0.940. The van der Waals surface area contributed by atoms with Crippen LogP contribution in [0.1, 0.15) is 225 Å². The molecule has 0 aromatic rings. The van der Waals surface area contributed by atoms with Crippen molar-refractivity contribution in [3.8, 4) is 0 Å². The van der Waals surface area contributed by atoms with Crippen LogP contribution >= 0.6 is 0 Å². The van der Waals surface area contributed by atoms with Gasteiger partial charge in [-0.2, -0.15) is 0 Å². The van der Waals surface area contributed by atoms with Gasteiger partial charge in [-0.25, -0.2) is 0 Å². The van der Waals surface area contributed by atoms with Crippen LogP contribution in [0.3, 0.4) is 0 Å². The van der Waals surface area contributed by atoms with E-state index in [-0.39, 0.29) is 12.8 Å². The molecule has 44 heavy (non-hydrogen) atoms. The Morgan fingerprint density at radius 2 is 0.727 bits per heavy atom. The van der Waals surface area contributed by atoms with Crippen molar-refractivity contribution in [1.29, 1.82) is 0 Å². The van der Waals surface area contributed by atoms with Gasteiger partial charge in [0.1, 0.15) is 6.04 Å². The first-order valence-corrected chi connectivity index (χ1v) is 19.7. The fraction of sp³-hybridized carbons (Fsp3) is 0.949. The second-order valence-corrected chi connectivity index (χ2v) is 13.7. The summed E-state index contributed by atoms with van der Waals surface area (Å²) in [5.41, 5.74) is 5.65. The molecule has 0 aliphatic carbocycles. The summed E-state index contributed by atoms with van der Waals surface area (Å²) >= 11 is 0. The second-order valence-electron chi connectivity index (χ2n) is 13.7. The van der Waals surface area contributed by atoms with Gasteiger partial charge in [0.05, 0.1) is 6.61 Å². The number of carboxylic acids is 1. The number of carbonyl (C=O) groups excluding carboxylic acids is 1. The van der Waals surface area contributed by atoms with Crippen LogP contribution in [-0.4, -0.2) is 29.7 Å². The van der Waals surface area contributed by atoms with Crippen molar-refractivity contribution < 1.29 is 19.4 Å². The highest BCUT2D eigenvalue weighted by atomic mass is 16.5. The van der Waals surface area contributed by atoms with Crippen molar-refractivity contribution >= 4 is 11.9 Å². The first-order valence-electron chi connectivity index (χ1n) is 19.7. The van der Waals surface area contributed by atoms with Crippen LogP contribution < -0.4 is 5.73 Å². The Kier molecular flexibility index (Phi) is 35.5. The van der Waals surface area contributed by atoms with Gasteiger partial charge in [-0.1, -0.05) is 206 Å². The van der Waals surface area contributed by atoms with Crippen molar-refractivity contribution in [2.75, 3.05) is 6.61 Å². The number of hydrogen-bond donors (Lipinski definition) is 2. The lowest BCUT2D eigenvalue weighted by molar-refractivity contribution is -0.145. The Morgan fingerprint density at radius 3 is 0.977 bits per heavy atom. The summed E-state index contributed by atoms with van der Waals surface area (Å²) in [6.07, 6.45) is 44.6. The molecule has 0 fully saturated rings. The molecular weight excluding hydrogens is 546 g/mol. The van der Waals surface area contributed by atoms with Gasteiger partial charge in [-0.15, -0.1) is 0 Å². The summed E-state index contributed by atoms with van der Waals surface area (Å²) in [7, 11) is 0. The molecule has 0 aliphatic rings. The van der Waals surface area contributed by atoms with Gasteiger partial charge in [0.25, 0.3) is 0 Å². The average Bonchev–Trinajstić information content (AvgIpc) is 3.02. The van der Waals surface area contributed by atoms with Crippen molar-refractivity contribution in [3.05, 3.63) is 0 Å². The fourth-order valence-corrected chi connectivity index (χ4v) is 6.16. The highest BCUT2D eigenvalue weighted by molar-refractivity contribution is 5.76. The molecule has 5 heteroatoms. The normalized spacial score (nSPS) is 12.0. The number of unbranched alkanes of at least 4 members (excludes halogenated alkanes) is 31. The molecule has 0 unspecified atom stereocenters. The molecule has 0 saturated carbocycles. The zero-order valence-electron chi connectivity index (χ0n) is 29.6. The molecule has 0 amide bonds. The maximum Gasteiger partial charge on any atom is 0.322 e. The van der Waals surface area contributed by atoms with E-state index < -0.39 is 18.0 Å². The number of carbonyl (C=O) groups is 2. The molecular formula is C39H77NO4. The van der Waals surface area contributed by atoms with Crippen molar-refractivity contribution in [1.82, 2.24) is 0 Å². The first-order chi connectivity index (χ1) is 21.6. The SMILES string of the molecule is CCCCCCCCCCCCCCCCCCCCCCCCCCCCCCCCCCOC(=O)[C@@H](N)CCC(=O)O. The van der Waals surface area contributed by atoms with E-state index in [1.165, 1.54) is 193 Å². The summed E-state index contributed by atoms with van der Waals surface area (Å²) in [4.78, 5) is 22.2. The van der Waals surface area contributed by atoms with E-state index in [2.05, 4.69) is 6.92 Å². The number of hydrogen-bond acceptors (Lipinski definition) is 4. The zero-order valence-corrected chi connectivity index (χ0v) is 29.6. The number of ether oxygens (including phenoxy) is 1. The lowest BCUT2D eigenvalue weighted by Crippen LogP contribution is -2.33. The van der Waals surface area contributed by atoms with E-state index in [9.17, 15) is 9.59 Å². The van der Waals surface area contributed by atoms with Crippen LogP contribution in [0.25, 0.3) is 0 Å². The largest absolute Gasteiger partial charge is 0.481 e. The Morgan fingerprint density at radius 1 is 0.477 bits per heavy atom. The Labute approximate surface area is 274 Å². The Hall–Kier alpha value is -1.10. The van der Waals surface area contributed by atoms with Crippen molar-refractivity contribution in [2.45, 2.75) is 231 Å².